The fraction of sp³-hybridized carbons (Fsp3) is 0.500. The molecular weight excluding hydrogens is 294 g/mol. The quantitative estimate of drug-likeness (QED) is 0.868. The average molecular weight is 313 g/mol. The van der Waals surface area contributed by atoms with Gasteiger partial charge in [0.05, 0.1) is 18.6 Å². The standard InChI is InChI=1S/C14H19NO5S/c1-10(20-13-6-4-3-5-12(13)19-2)14(16)15-11-7-8-21(17,18)9-11/h3-6,10-11H,7-9H2,1-2H3,(H,15,16)/t10-,11+/m1/s1. The van der Waals surface area contributed by atoms with E-state index in [0.29, 0.717) is 17.9 Å². The fourth-order valence-corrected chi connectivity index (χ4v) is 3.86. The second-order valence-corrected chi connectivity index (χ2v) is 7.25. The Morgan fingerprint density at radius 1 is 1.33 bits per heavy atom. The normalized spacial score (nSPS) is 21.5. The molecule has 1 aromatic carbocycles. The Morgan fingerprint density at radius 2 is 2.00 bits per heavy atom. The van der Waals surface area contributed by atoms with E-state index >= 15 is 0 Å². The maximum Gasteiger partial charge on any atom is 0.261 e. The number of amides is 1. The van der Waals surface area contributed by atoms with E-state index < -0.39 is 15.9 Å². The van der Waals surface area contributed by atoms with Crippen LogP contribution in [0.4, 0.5) is 0 Å². The second kappa shape index (κ2) is 6.34. The predicted molar refractivity (Wildman–Crippen MR) is 78.3 cm³/mol. The Bertz CT molecular complexity index is 614. The molecule has 0 saturated carbocycles. The van der Waals surface area contributed by atoms with E-state index in [1.54, 1.807) is 31.2 Å². The minimum Gasteiger partial charge on any atom is -0.493 e. The van der Waals surface area contributed by atoms with Gasteiger partial charge in [0.1, 0.15) is 0 Å². The summed E-state index contributed by atoms with van der Waals surface area (Å²) in [5.41, 5.74) is 0. The summed E-state index contributed by atoms with van der Waals surface area (Å²) < 4.78 is 33.5. The highest BCUT2D eigenvalue weighted by molar-refractivity contribution is 7.91. The molecule has 1 aliphatic rings. The molecule has 0 aromatic heterocycles. The Kier molecular flexibility index (Phi) is 4.72. The molecule has 1 N–H and O–H groups in total. The third-order valence-electron chi connectivity index (χ3n) is 3.32. The van der Waals surface area contributed by atoms with E-state index in [-0.39, 0.29) is 23.5 Å². The first-order valence-electron chi connectivity index (χ1n) is 6.72. The lowest BCUT2D eigenvalue weighted by Gasteiger charge is -2.18. The fourth-order valence-electron chi connectivity index (χ4n) is 2.19. The highest BCUT2D eigenvalue weighted by atomic mass is 32.2. The number of nitrogens with one attached hydrogen (secondary N) is 1. The summed E-state index contributed by atoms with van der Waals surface area (Å²) in [6.07, 6.45) is -0.278. The van der Waals surface area contributed by atoms with E-state index in [1.807, 2.05) is 0 Å². The third kappa shape index (κ3) is 4.10. The lowest BCUT2D eigenvalue weighted by molar-refractivity contribution is -0.127. The van der Waals surface area contributed by atoms with Gasteiger partial charge in [0, 0.05) is 6.04 Å². The van der Waals surface area contributed by atoms with Crippen LogP contribution in [0.2, 0.25) is 0 Å². The second-order valence-electron chi connectivity index (χ2n) is 5.02. The molecular formula is C14H19NO5S. The van der Waals surface area contributed by atoms with Crippen LogP contribution in [-0.2, 0) is 14.6 Å². The zero-order chi connectivity index (χ0) is 15.5. The minimum absolute atomic E-state index is 0.000117. The van der Waals surface area contributed by atoms with Crippen molar-refractivity contribution in [3.8, 4) is 11.5 Å². The molecule has 1 saturated heterocycles. The number of carbonyl (C=O) groups is 1. The van der Waals surface area contributed by atoms with Gasteiger partial charge in [-0.05, 0) is 25.5 Å². The number of para-hydroxylation sites is 2. The van der Waals surface area contributed by atoms with Crippen LogP contribution in [0.25, 0.3) is 0 Å². The van der Waals surface area contributed by atoms with Crippen molar-refractivity contribution in [1.29, 1.82) is 0 Å². The Labute approximate surface area is 124 Å². The largest absolute Gasteiger partial charge is 0.493 e. The highest BCUT2D eigenvalue weighted by Gasteiger charge is 2.30. The third-order valence-corrected chi connectivity index (χ3v) is 5.09. The molecule has 1 aliphatic heterocycles. The number of hydrogen-bond donors (Lipinski definition) is 1. The molecule has 0 unspecified atom stereocenters. The van der Waals surface area contributed by atoms with Gasteiger partial charge in [0.15, 0.2) is 27.4 Å². The minimum atomic E-state index is -3.01. The van der Waals surface area contributed by atoms with Gasteiger partial charge in [-0.1, -0.05) is 12.1 Å². The zero-order valence-electron chi connectivity index (χ0n) is 12.0. The van der Waals surface area contributed by atoms with E-state index in [9.17, 15) is 13.2 Å². The number of benzene rings is 1. The molecule has 2 rings (SSSR count). The van der Waals surface area contributed by atoms with Crippen LogP contribution in [0.5, 0.6) is 11.5 Å². The SMILES string of the molecule is COc1ccccc1O[C@H](C)C(=O)N[C@H]1CCS(=O)(=O)C1. The molecule has 1 heterocycles. The van der Waals surface area contributed by atoms with E-state index in [2.05, 4.69) is 5.32 Å². The molecule has 0 aliphatic carbocycles. The highest BCUT2D eigenvalue weighted by Crippen LogP contribution is 2.26. The van der Waals surface area contributed by atoms with Gasteiger partial charge >= 0.3 is 0 Å². The molecule has 0 bridgehead atoms. The zero-order valence-corrected chi connectivity index (χ0v) is 12.9. The lowest BCUT2D eigenvalue weighted by atomic mass is 10.2. The molecule has 7 heteroatoms. The van der Waals surface area contributed by atoms with Gasteiger partial charge in [0.25, 0.3) is 5.91 Å². The molecule has 21 heavy (non-hydrogen) atoms. The summed E-state index contributed by atoms with van der Waals surface area (Å²) in [6.45, 7) is 1.62. The first kappa shape index (κ1) is 15.6. The van der Waals surface area contributed by atoms with Crippen molar-refractivity contribution in [2.75, 3.05) is 18.6 Å². The van der Waals surface area contributed by atoms with Crippen molar-refractivity contribution >= 4 is 15.7 Å². The van der Waals surface area contributed by atoms with Crippen molar-refractivity contribution in [3.63, 3.8) is 0 Å². The molecule has 0 spiro atoms. The first-order chi connectivity index (χ1) is 9.91. The lowest BCUT2D eigenvalue weighted by Crippen LogP contribution is -2.43. The summed E-state index contributed by atoms with van der Waals surface area (Å²) in [5.74, 6) is 0.810. The summed E-state index contributed by atoms with van der Waals surface area (Å²) in [4.78, 5) is 12.0. The molecule has 1 aromatic rings. The van der Waals surface area contributed by atoms with Gasteiger partial charge in [-0.25, -0.2) is 8.42 Å². The van der Waals surface area contributed by atoms with Crippen LogP contribution in [0.1, 0.15) is 13.3 Å². The molecule has 0 radical (unpaired) electrons. The number of hydrogen-bond acceptors (Lipinski definition) is 5. The molecule has 1 fully saturated rings. The van der Waals surface area contributed by atoms with Crippen molar-refractivity contribution < 1.29 is 22.7 Å². The van der Waals surface area contributed by atoms with Gasteiger partial charge in [0.2, 0.25) is 0 Å². The van der Waals surface area contributed by atoms with E-state index in [0.717, 1.165) is 0 Å². The van der Waals surface area contributed by atoms with Crippen LogP contribution in [0, 0.1) is 0 Å². The predicted octanol–water partition coefficient (Wildman–Crippen LogP) is 0.766. The van der Waals surface area contributed by atoms with Crippen molar-refractivity contribution in [1.82, 2.24) is 5.32 Å². The average Bonchev–Trinajstić information content (AvgIpc) is 2.78. The Balaban J connectivity index is 1.94. The van der Waals surface area contributed by atoms with Crippen molar-refractivity contribution in [2.45, 2.75) is 25.5 Å². The number of methoxy groups -OCH3 is 1. The van der Waals surface area contributed by atoms with E-state index in [1.165, 1.54) is 7.11 Å². The smallest absolute Gasteiger partial charge is 0.261 e. The topological polar surface area (TPSA) is 81.7 Å². The van der Waals surface area contributed by atoms with Gasteiger partial charge < -0.3 is 14.8 Å². The monoisotopic (exact) mass is 313 g/mol. The maximum atomic E-state index is 12.0. The van der Waals surface area contributed by atoms with Gasteiger partial charge in [-0.15, -0.1) is 0 Å². The number of carbonyl (C=O) groups excluding carboxylic acids is 1. The summed E-state index contributed by atoms with van der Waals surface area (Å²) >= 11 is 0. The molecule has 6 nitrogen and oxygen atoms in total. The summed E-state index contributed by atoms with van der Waals surface area (Å²) in [7, 11) is -1.49. The molecule has 116 valence electrons. The summed E-state index contributed by atoms with van der Waals surface area (Å²) in [6, 6.07) is 6.71. The first-order valence-corrected chi connectivity index (χ1v) is 8.54. The van der Waals surface area contributed by atoms with Crippen LogP contribution >= 0.6 is 0 Å². The van der Waals surface area contributed by atoms with Gasteiger partial charge in [-0.3, -0.25) is 4.79 Å². The molecule has 2 atom stereocenters. The maximum absolute atomic E-state index is 12.0. The van der Waals surface area contributed by atoms with Crippen LogP contribution in [0.15, 0.2) is 24.3 Å². The number of rotatable bonds is 5. The van der Waals surface area contributed by atoms with Crippen LogP contribution in [-0.4, -0.2) is 45.1 Å². The molecule has 1 amide bonds. The van der Waals surface area contributed by atoms with Crippen LogP contribution < -0.4 is 14.8 Å². The van der Waals surface area contributed by atoms with Crippen LogP contribution in [0.3, 0.4) is 0 Å². The van der Waals surface area contributed by atoms with Gasteiger partial charge in [-0.2, -0.15) is 0 Å². The Hall–Kier alpha value is -1.76. The van der Waals surface area contributed by atoms with Crippen molar-refractivity contribution in [3.05, 3.63) is 24.3 Å². The number of ether oxygens (including phenoxy) is 2. The number of sulfone groups is 1. The summed E-state index contributed by atoms with van der Waals surface area (Å²) in [5, 5.41) is 2.71. The van der Waals surface area contributed by atoms with E-state index in [4.69, 9.17) is 9.47 Å². The Morgan fingerprint density at radius 3 is 2.57 bits per heavy atom. The van der Waals surface area contributed by atoms with Crippen molar-refractivity contribution in [2.24, 2.45) is 0 Å².